The maximum atomic E-state index is 14.0. The van der Waals surface area contributed by atoms with Gasteiger partial charge in [-0.3, -0.25) is 0 Å². The topological polar surface area (TPSA) is 29.3 Å². The summed E-state index contributed by atoms with van der Waals surface area (Å²) < 4.78 is 14.0. The summed E-state index contributed by atoms with van der Waals surface area (Å²) in [7, 11) is 0. The molecule has 3 heteroatoms. The summed E-state index contributed by atoms with van der Waals surface area (Å²) in [4.78, 5) is 2.22. The maximum absolute atomic E-state index is 14.0. The highest BCUT2D eigenvalue weighted by Gasteiger charge is 2.23. The Kier molecular flexibility index (Phi) is 4.19. The fourth-order valence-electron chi connectivity index (χ4n) is 2.82. The first-order valence-corrected chi connectivity index (χ1v) is 7.29. The van der Waals surface area contributed by atoms with Gasteiger partial charge in [0, 0.05) is 30.4 Å². The lowest BCUT2D eigenvalue weighted by Crippen LogP contribution is -2.32. The van der Waals surface area contributed by atoms with Gasteiger partial charge < -0.3 is 10.6 Å². The molecule has 0 amide bonds. The molecule has 1 aliphatic rings. The van der Waals surface area contributed by atoms with Crippen molar-refractivity contribution >= 4 is 5.69 Å². The number of halogens is 1. The van der Waals surface area contributed by atoms with Gasteiger partial charge in [0.05, 0.1) is 0 Å². The van der Waals surface area contributed by atoms with E-state index in [0.29, 0.717) is 5.56 Å². The van der Waals surface area contributed by atoms with Crippen molar-refractivity contribution in [2.24, 2.45) is 11.1 Å². The third kappa shape index (κ3) is 3.04. The molecule has 2 rings (SSSR count). The summed E-state index contributed by atoms with van der Waals surface area (Å²) in [5, 5.41) is 0. The number of nitrogens with zero attached hydrogens (tertiary/aromatic N) is 1. The first-order valence-electron chi connectivity index (χ1n) is 7.29. The van der Waals surface area contributed by atoms with Crippen LogP contribution >= 0.6 is 0 Å². The quantitative estimate of drug-likeness (QED) is 0.826. The molecule has 1 heterocycles. The summed E-state index contributed by atoms with van der Waals surface area (Å²) in [6.45, 7) is 10.3. The summed E-state index contributed by atoms with van der Waals surface area (Å²) in [5.41, 5.74) is 9.20. The van der Waals surface area contributed by atoms with E-state index in [1.54, 1.807) is 6.07 Å². The maximum Gasteiger partial charge on any atom is 0.130 e. The van der Waals surface area contributed by atoms with Crippen LogP contribution < -0.4 is 10.6 Å². The van der Waals surface area contributed by atoms with Crippen molar-refractivity contribution in [2.75, 3.05) is 18.0 Å². The molecule has 0 saturated heterocycles. The number of rotatable bonds is 2. The molecule has 1 aromatic rings. The van der Waals surface area contributed by atoms with E-state index >= 15 is 0 Å². The highest BCUT2D eigenvalue weighted by molar-refractivity contribution is 5.56. The summed E-state index contributed by atoms with van der Waals surface area (Å²) in [6, 6.07) is 4.93. The Morgan fingerprint density at radius 3 is 2.50 bits per heavy atom. The van der Waals surface area contributed by atoms with Crippen molar-refractivity contribution in [3.63, 3.8) is 0 Å². The zero-order valence-corrected chi connectivity index (χ0v) is 12.9. The van der Waals surface area contributed by atoms with Crippen LogP contribution in [0.5, 0.6) is 0 Å². The molecule has 0 spiro atoms. The Balaban J connectivity index is 2.28. The van der Waals surface area contributed by atoms with Crippen LogP contribution in [0.1, 0.15) is 45.7 Å². The first-order chi connectivity index (χ1) is 9.30. The Hall–Kier alpha value is -1.35. The van der Waals surface area contributed by atoms with E-state index in [4.69, 9.17) is 5.73 Å². The molecule has 0 aliphatic carbocycles. The van der Waals surface area contributed by atoms with E-state index in [1.165, 1.54) is 11.6 Å². The third-order valence-corrected chi connectivity index (χ3v) is 4.00. The van der Waals surface area contributed by atoms with Gasteiger partial charge in [0.1, 0.15) is 5.82 Å². The highest BCUT2D eigenvalue weighted by atomic mass is 19.1. The summed E-state index contributed by atoms with van der Waals surface area (Å²) >= 11 is 0. The zero-order chi connectivity index (χ0) is 14.9. The molecule has 20 heavy (non-hydrogen) atoms. The lowest BCUT2D eigenvalue weighted by Gasteiger charge is -2.35. The van der Waals surface area contributed by atoms with E-state index in [-0.39, 0.29) is 17.3 Å². The normalized spacial score (nSPS) is 17.9. The second kappa shape index (κ2) is 5.57. The van der Waals surface area contributed by atoms with Gasteiger partial charge in [0.15, 0.2) is 0 Å². The van der Waals surface area contributed by atoms with Crippen molar-refractivity contribution in [1.82, 2.24) is 0 Å². The van der Waals surface area contributed by atoms with Gasteiger partial charge in [-0.1, -0.05) is 38.5 Å². The van der Waals surface area contributed by atoms with Crippen molar-refractivity contribution in [3.8, 4) is 0 Å². The molecular weight excluding hydrogens is 251 g/mol. The SMILES string of the molecule is C[C@@H](N)c1c(F)cccc1N1CC=C(C(C)(C)C)CC1. The van der Waals surface area contributed by atoms with Gasteiger partial charge >= 0.3 is 0 Å². The van der Waals surface area contributed by atoms with E-state index in [9.17, 15) is 4.39 Å². The van der Waals surface area contributed by atoms with Gasteiger partial charge in [-0.2, -0.15) is 0 Å². The highest BCUT2D eigenvalue weighted by Crippen LogP contribution is 2.34. The number of benzene rings is 1. The average Bonchev–Trinajstić information content (AvgIpc) is 2.37. The summed E-state index contributed by atoms with van der Waals surface area (Å²) in [5.74, 6) is -0.205. The van der Waals surface area contributed by atoms with Crippen LogP contribution in [0.25, 0.3) is 0 Å². The minimum Gasteiger partial charge on any atom is -0.367 e. The van der Waals surface area contributed by atoms with Crippen molar-refractivity contribution in [1.29, 1.82) is 0 Å². The van der Waals surface area contributed by atoms with Gasteiger partial charge in [-0.15, -0.1) is 0 Å². The molecule has 0 saturated carbocycles. The molecule has 0 fully saturated rings. The number of nitrogens with two attached hydrogens (primary N) is 1. The minimum absolute atomic E-state index is 0.205. The molecule has 110 valence electrons. The molecule has 0 aromatic heterocycles. The van der Waals surface area contributed by atoms with Crippen molar-refractivity contribution in [3.05, 3.63) is 41.2 Å². The van der Waals surface area contributed by atoms with Gasteiger partial charge in [0.25, 0.3) is 0 Å². The molecule has 0 unspecified atom stereocenters. The Labute approximate surface area is 121 Å². The molecule has 2 N–H and O–H groups in total. The van der Waals surface area contributed by atoms with E-state index < -0.39 is 0 Å². The number of hydrogen-bond donors (Lipinski definition) is 1. The van der Waals surface area contributed by atoms with E-state index in [1.807, 2.05) is 13.0 Å². The summed E-state index contributed by atoms with van der Waals surface area (Å²) in [6.07, 6.45) is 3.30. The zero-order valence-electron chi connectivity index (χ0n) is 12.9. The fourth-order valence-corrected chi connectivity index (χ4v) is 2.82. The van der Waals surface area contributed by atoms with Crippen LogP contribution in [0.3, 0.4) is 0 Å². The molecule has 1 aromatic carbocycles. The Morgan fingerprint density at radius 2 is 2.00 bits per heavy atom. The molecule has 1 aliphatic heterocycles. The van der Waals surface area contributed by atoms with Crippen LogP contribution in [-0.2, 0) is 0 Å². The standard InChI is InChI=1S/C17H25FN2/c1-12(19)16-14(18)6-5-7-15(16)20-10-8-13(9-11-20)17(2,3)4/h5-8,12H,9-11,19H2,1-4H3/t12-/m1/s1. The lowest BCUT2D eigenvalue weighted by atomic mass is 9.83. The van der Waals surface area contributed by atoms with E-state index in [2.05, 4.69) is 31.7 Å². The molecular formula is C17H25FN2. The van der Waals surface area contributed by atoms with Crippen LogP contribution in [0.4, 0.5) is 10.1 Å². The van der Waals surface area contributed by atoms with Crippen LogP contribution in [-0.4, -0.2) is 13.1 Å². The molecule has 2 nitrogen and oxygen atoms in total. The molecule has 0 radical (unpaired) electrons. The van der Waals surface area contributed by atoms with Crippen molar-refractivity contribution < 1.29 is 4.39 Å². The smallest absolute Gasteiger partial charge is 0.130 e. The van der Waals surface area contributed by atoms with Gasteiger partial charge in [0.2, 0.25) is 0 Å². The van der Waals surface area contributed by atoms with Gasteiger partial charge in [-0.25, -0.2) is 4.39 Å². The van der Waals surface area contributed by atoms with Gasteiger partial charge in [-0.05, 0) is 30.9 Å². The predicted octanol–water partition coefficient (Wildman–Crippen LogP) is 4.03. The average molecular weight is 276 g/mol. The second-order valence-corrected chi connectivity index (χ2v) is 6.64. The largest absolute Gasteiger partial charge is 0.367 e. The monoisotopic (exact) mass is 276 g/mol. The van der Waals surface area contributed by atoms with Crippen LogP contribution in [0.2, 0.25) is 0 Å². The van der Waals surface area contributed by atoms with Crippen LogP contribution in [0, 0.1) is 11.2 Å². The number of hydrogen-bond acceptors (Lipinski definition) is 2. The Bertz CT molecular complexity index is 512. The van der Waals surface area contributed by atoms with Crippen LogP contribution in [0.15, 0.2) is 29.8 Å². The first kappa shape index (κ1) is 15.0. The second-order valence-electron chi connectivity index (χ2n) is 6.64. The Morgan fingerprint density at radius 1 is 1.30 bits per heavy atom. The predicted molar refractivity (Wildman–Crippen MR) is 83.4 cm³/mol. The third-order valence-electron chi connectivity index (χ3n) is 4.00. The fraction of sp³-hybridized carbons (Fsp3) is 0.529. The molecule has 0 bridgehead atoms. The number of anilines is 1. The van der Waals surface area contributed by atoms with E-state index in [0.717, 1.165) is 25.2 Å². The lowest BCUT2D eigenvalue weighted by molar-refractivity contribution is 0.472. The van der Waals surface area contributed by atoms with Crippen molar-refractivity contribution in [2.45, 2.75) is 40.2 Å². The minimum atomic E-state index is -0.292. The molecule has 1 atom stereocenters.